The molecule has 0 aliphatic rings. The zero-order valence-electron chi connectivity index (χ0n) is 15.0. The Labute approximate surface area is 142 Å². The van der Waals surface area contributed by atoms with Crippen LogP contribution in [0.25, 0.3) is 11.1 Å². The van der Waals surface area contributed by atoms with E-state index >= 15 is 0 Å². The predicted octanol–water partition coefficient (Wildman–Crippen LogP) is 3.46. The SMILES string of the molecule is C/C(COC(C)C)=N\c1cc(-c2cc(C)c(=O)n(C)c2)ccc1N. The van der Waals surface area contributed by atoms with Gasteiger partial charge in [0, 0.05) is 24.5 Å². The second kappa shape index (κ2) is 7.45. The molecule has 2 rings (SSSR count). The number of rotatable bonds is 5. The van der Waals surface area contributed by atoms with Crippen LogP contribution < -0.4 is 11.3 Å². The molecule has 0 aliphatic heterocycles. The molecule has 0 fully saturated rings. The first-order valence-electron chi connectivity index (χ1n) is 8.01. The summed E-state index contributed by atoms with van der Waals surface area (Å²) in [7, 11) is 1.75. The maximum Gasteiger partial charge on any atom is 0.253 e. The van der Waals surface area contributed by atoms with Gasteiger partial charge in [-0.1, -0.05) is 6.07 Å². The molecule has 1 aromatic heterocycles. The highest BCUT2D eigenvalue weighted by molar-refractivity contribution is 5.88. The van der Waals surface area contributed by atoms with Gasteiger partial charge in [0.2, 0.25) is 0 Å². The van der Waals surface area contributed by atoms with Crippen molar-refractivity contribution in [1.29, 1.82) is 0 Å². The smallest absolute Gasteiger partial charge is 0.253 e. The number of hydrogen-bond acceptors (Lipinski definition) is 4. The summed E-state index contributed by atoms with van der Waals surface area (Å²) in [4.78, 5) is 16.4. The van der Waals surface area contributed by atoms with Crippen molar-refractivity contribution in [3.63, 3.8) is 0 Å². The van der Waals surface area contributed by atoms with Crippen molar-refractivity contribution in [3.8, 4) is 11.1 Å². The molecule has 2 aromatic rings. The first-order valence-corrected chi connectivity index (χ1v) is 8.01. The van der Waals surface area contributed by atoms with Crippen LogP contribution in [0.2, 0.25) is 0 Å². The zero-order chi connectivity index (χ0) is 17.9. The third-order valence-corrected chi connectivity index (χ3v) is 3.66. The predicted molar refractivity (Wildman–Crippen MR) is 100 cm³/mol. The summed E-state index contributed by atoms with van der Waals surface area (Å²) >= 11 is 0. The van der Waals surface area contributed by atoms with Crippen LogP contribution in [0.4, 0.5) is 11.4 Å². The molecule has 2 N–H and O–H groups in total. The van der Waals surface area contributed by atoms with Gasteiger partial charge in [0.05, 0.1) is 24.1 Å². The summed E-state index contributed by atoms with van der Waals surface area (Å²) in [6.45, 7) is 8.19. The first-order chi connectivity index (χ1) is 11.3. The summed E-state index contributed by atoms with van der Waals surface area (Å²) in [6.07, 6.45) is 1.98. The Morgan fingerprint density at radius 2 is 2.00 bits per heavy atom. The van der Waals surface area contributed by atoms with Crippen LogP contribution in [0.3, 0.4) is 0 Å². The Balaban J connectivity index is 2.38. The molecule has 0 aliphatic carbocycles. The zero-order valence-corrected chi connectivity index (χ0v) is 15.0. The molecule has 0 saturated carbocycles. The third-order valence-electron chi connectivity index (χ3n) is 3.66. The van der Waals surface area contributed by atoms with E-state index in [0.717, 1.165) is 16.8 Å². The molecule has 24 heavy (non-hydrogen) atoms. The molecule has 0 saturated heterocycles. The molecule has 0 amide bonds. The summed E-state index contributed by atoms with van der Waals surface area (Å²) in [5.41, 5.74) is 10.9. The van der Waals surface area contributed by atoms with Crippen LogP contribution in [-0.4, -0.2) is 23.0 Å². The van der Waals surface area contributed by atoms with Crippen LogP contribution in [0.5, 0.6) is 0 Å². The Hall–Kier alpha value is -2.40. The number of nitrogens with zero attached hydrogens (tertiary/aromatic N) is 2. The molecule has 5 heteroatoms. The first kappa shape index (κ1) is 17.9. The van der Waals surface area contributed by atoms with E-state index in [0.29, 0.717) is 23.5 Å². The summed E-state index contributed by atoms with van der Waals surface area (Å²) in [5.74, 6) is 0. The van der Waals surface area contributed by atoms with Crippen LogP contribution in [0, 0.1) is 6.92 Å². The highest BCUT2D eigenvalue weighted by atomic mass is 16.5. The quantitative estimate of drug-likeness (QED) is 0.675. The lowest BCUT2D eigenvalue weighted by molar-refractivity contribution is 0.110. The lowest BCUT2D eigenvalue weighted by Gasteiger charge is -2.10. The number of pyridine rings is 1. The number of benzene rings is 1. The molecule has 0 unspecified atom stereocenters. The number of ether oxygens (including phenoxy) is 1. The van der Waals surface area contributed by atoms with Crippen LogP contribution in [0.1, 0.15) is 26.3 Å². The Bertz CT molecular complexity index is 794. The number of hydrogen-bond donors (Lipinski definition) is 1. The van der Waals surface area contributed by atoms with E-state index in [-0.39, 0.29) is 11.7 Å². The second-order valence-electron chi connectivity index (χ2n) is 6.31. The van der Waals surface area contributed by atoms with Gasteiger partial charge < -0.3 is 15.0 Å². The van der Waals surface area contributed by atoms with Gasteiger partial charge >= 0.3 is 0 Å². The molecule has 0 spiro atoms. The van der Waals surface area contributed by atoms with Crippen LogP contribution >= 0.6 is 0 Å². The van der Waals surface area contributed by atoms with Gasteiger partial charge in [0.15, 0.2) is 0 Å². The standard InChI is InChI=1S/C19H25N3O2/c1-12(2)24-11-14(4)21-18-9-15(6-7-17(18)20)16-8-13(3)19(23)22(5)10-16/h6-10,12H,11,20H2,1-5H3/b21-14+. The van der Waals surface area contributed by atoms with Crippen molar-refractivity contribution >= 4 is 17.1 Å². The highest BCUT2D eigenvalue weighted by Crippen LogP contribution is 2.29. The molecule has 1 aromatic carbocycles. The second-order valence-corrected chi connectivity index (χ2v) is 6.31. The minimum atomic E-state index is 0.00844. The topological polar surface area (TPSA) is 69.6 Å². The Morgan fingerprint density at radius 1 is 1.29 bits per heavy atom. The molecule has 5 nitrogen and oxygen atoms in total. The van der Waals surface area contributed by atoms with E-state index in [2.05, 4.69) is 4.99 Å². The Morgan fingerprint density at radius 3 is 2.62 bits per heavy atom. The van der Waals surface area contributed by atoms with E-state index in [9.17, 15) is 4.79 Å². The van der Waals surface area contributed by atoms with E-state index < -0.39 is 0 Å². The molecule has 1 heterocycles. The van der Waals surface area contributed by atoms with Crippen LogP contribution in [0.15, 0.2) is 40.2 Å². The van der Waals surface area contributed by atoms with E-state index in [1.54, 1.807) is 11.6 Å². The number of nitrogen functional groups attached to an aromatic ring is 1. The Kier molecular flexibility index (Phi) is 5.57. The molecular formula is C19H25N3O2. The molecule has 128 valence electrons. The van der Waals surface area contributed by atoms with Gasteiger partial charge in [0.25, 0.3) is 5.56 Å². The average molecular weight is 327 g/mol. The lowest BCUT2D eigenvalue weighted by Crippen LogP contribution is -2.18. The fourth-order valence-electron chi connectivity index (χ4n) is 2.38. The molecule has 0 radical (unpaired) electrons. The number of anilines is 1. The minimum Gasteiger partial charge on any atom is -0.397 e. The summed E-state index contributed by atoms with van der Waals surface area (Å²) < 4.78 is 7.15. The van der Waals surface area contributed by atoms with Gasteiger partial charge in [-0.2, -0.15) is 0 Å². The van der Waals surface area contributed by atoms with Gasteiger partial charge in [-0.3, -0.25) is 9.79 Å². The monoisotopic (exact) mass is 327 g/mol. The van der Waals surface area contributed by atoms with Crippen molar-refractivity contribution in [2.24, 2.45) is 12.0 Å². The third kappa shape index (κ3) is 4.32. The summed E-state index contributed by atoms with van der Waals surface area (Å²) in [6, 6.07) is 7.60. The van der Waals surface area contributed by atoms with Gasteiger partial charge in [-0.05, 0) is 57.0 Å². The minimum absolute atomic E-state index is 0.00844. The molecule has 0 atom stereocenters. The molecule has 0 bridgehead atoms. The van der Waals surface area contributed by atoms with Crippen molar-refractivity contribution < 1.29 is 4.74 Å². The van der Waals surface area contributed by atoms with Gasteiger partial charge in [-0.25, -0.2) is 0 Å². The van der Waals surface area contributed by atoms with Crippen molar-refractivity contribution in [1.82, 2.24) is 4.57 Å². The maximum atomic E-state index is 11.9. The number of nitrogens with two attached hydrogens (primary N) is 1. The fraction of sp³-hybridized carbons (Fsp3) is 0.368. The van der Waals surface area contributed by atoms with Gasteiger partial charge in [-0.15, -0.1) is 0 Å². The van der Waals surface area contributed by atoms with Gasteiger partial charge in [0.1, 0.15) is 0 Å². The maximum absolute atomic E-state index is 11.9. The summed E-state index contributed by atoms with van der Waals surface area (Å²) in [5, 5.41) is 0. The number of aliphatic imine (C=N–C) groups is 1. The normalized spacial score (nSPS) is 12.0. The van der Waals surface area contributed by atoms with Crippen LogP contribution in [-0.2, 0) is 11.8 Å². The molecular weight excluding hydrogens is 302 g/mol. The average Bonchev–Trinajstić information content (AvgIpc) is 2.52. The number of aromatic nitrogens is 1. The largest absolute Gasteiger partial charge is 0.397 e. The van der Waals surface area contributed by atoms with Crippen molar-refractivity contribution in [3.05, 3.63) is 46.4 Å². The fourth-order valence-corrected chi connectivity index (χ4v) is 2.38. The van der Waals surface area contributed by atoms with E-state index in [4.69, 9.17) is 10.5 Å². The highest BCUT2D eigenvalue weighted by Gasteiger charge is 2.07. The van der Waals surface area contributed by atoms with E-state index in [1.165, 1.54) is 0 Å². The van der Waals surface area contributed by atoms with E-state index in [1.807, 2.05) is 58.2 Å². The number of aryl methyl sites for hydroxylation is 2. The lowest BCUT2D eigenvalue weighted by atomic mass is 10.0. The van der Waals surface area contributed by atoms with Crippen molar-refractivity contribution in [2.75, 3.05) is 12.3 Å². The van der Waals surface area contributed by atoms with Crippen molar-refractivity contribution in [2.45, 2.75) is 33.8 Å².